The number of carbonyl (C=O) groups is 1. The number of rotatable bonds is 6. The molecule has 174 valence electrons. The summed E-state index contributed by atoms with van der Waals surface area (Å²) in [5, 5.41) is 10.0. The summed E-state index contributed by atoms with van der Waals surface area (Å²) in [6.45, 7) is 4.37. The zero-order valence-corrected chi connectivity index (χ0v) is 18.6. The molecule has 0 saturated carbocycles. The molecule has 1 aliphatic rings. The summed E-state index contributed by atoms with van der Waals surface area (Å²) >= 11 is 0. The van der Waals surface area contributed by atoms with Gasteiger partial charge in [0.15, 0.2) is 6.04 Å². The molecule has 1 amide bonds. The van der Waals surface area contributed by atoms with Crippen LogP contribution in [-0.2, 0) is 24.2 Å². The first-order valence-corrected chi connectivity index (χ1v) is 11.0. The molecule has 0 saturated heterocycles. The highest BCUT2D eigenvalue weighted by molar-refractivity contribution is 5.80. The average Bonchev–Trinajstić information content (AvgIpc) is 3.20. The highest BCUT2D eigenvalue weighted by Gasteiger charge is 2.46. The second-order valence-electron chi connectivity index (χ2n) is 8.49. The van der Waals surface area contributed by atoms with Gasteiger partial charge in [-0.25, -0.2) is 4.68 Å². The predicted molar refractivity (Wildman–Crippen MR) is 121 cm³/mol. The summed E-state index contributed by atoms with van der Waals surface area (Å²) in [6, 6.07) is 13.1. The topological polar surface area (TPSA) is 59.0 Å². The van der Waals surface area contributed by atoms with Crippen LogP contribution in [0.1, 0.15) is 53.2 Å². The average molecular weight is 457 g/mol. The number of hydrogen-bond acceptors (Lipinski definition) is 3. The minimum absolute atomic E-state index is 0.0553. The fraction of sp³-hybridized carbons (Fsp3) is 0.360. The van der Waals surface area contributed by atoms with Crippen molar-refractivity contribution in [1.82, 2.24) is 15.1 Å². The normalized spacial score (nSPS) is 17.8. The van der Waals surface area contributed by atoms with Crippen molar-refractivity contribution in [2.45, 2.75) is 57.9 Å². The Kier molecular flexibility index (Phi) is 6.44. The Morgan fingerprint density at radius 1 is 1.12 bits per heavy atom. The first-order valence-electron chi connectivity index (χ1n) is 11.0. The summed E-state index contributed by atoms with van der Waals surface area (Å²) in [5.74, 6) is -0.0233. The molecule has 1 aromatic heterocycles. The van der Waals surface area contributed by atoms with Gasteiger partial charge >= 0.3 is 6.18 Å². The third-order valence-electron chi connectivity index (χ3n) is 6.07. The van der Waals surface area contributed by atoms with E-state index in [0.717, 1.165) is 33.4 Å². The van der Waals surface area contributed by atoms with Gasteiger partial charge in [-0.15, -0.1) is 0 Å². The van der Waals surface area contributed by atoms with Crippen LogP contribution in [0.5, 0.6) is 0 Å². The van der Waals surface area contributed by atoms with E-state index in [-0.39, 0.29) is 24.6 Å². The maximum absolute atomic E-state index is 13.9. The SMILES string of the molecule is CCc1ccc([C@H]2C[C@@H](C(F)(F)F)n3ncc(CC(=O)NCc4ccc(C)cc4)c3N2)cc1. The van der Waals surface area contributed by atoms with Crippen molar-refractivity contribution in [3.05, 3.63) is 82.5 Å². The molecule has 3 aromatic rings. The molecule has 5 nitrogen and oxygen atoms in total. The zero-order valence-electron chi connectivity index (χ0n) is 18.6. The standard InChI is InChI=1S/C25H27F3N4O/c1-3-17-8-10-19(11-9-17)21-13-22(25(26,27)28)32-24(31-21)20(15-30-32)12-23(33)29-14-18-6-4-16(2)5-7-18/h4-11,15,21-22,31H,3,12-14H2,1-2H3,(H,29,33)/t21-,22+/m1/s1. The van der Waals surface area contributed by atoms with Crippen LogP contribution < -0.4 is 10.6 Å². The summed E-state index contributed by atoms with van der Waals surface area (Å²) in [4.78, 5) is 12.5. The molecular formula is C25H27F3N4O. The van der Waals surface area contributed by atoms with E-state index < -0.39 is 18.3 Å². The van der Waals surface area contributed by atoms with Gasteiger partial charge in [-0.3, -0.25) is 4.79 Å². The van der Waals surface area contributed by atoms with Gasteiger partial charge in [0, 0.05) is 18.5 Å². The van der Waals surface area contributed by atoms with Gasteiger partial charge in [-0.2, -0.15) is 18.3 Å². The third-order valence-corrected chi connectivity index (χ3v) is 6.07. The van der Waals surface area contributed by atoms with Crippen molar-refractivity contribution in [2.75, 3.05) is 5.32 Å². The fourth-order valence-corrected chi connectivity index (χ4v) is 4.09. The van der Waals surface area contributed by atoms with Crippen LogP contribution in [-0.4, -0.2) is 21.9 Å². The summed E-state index contributed by atoms with van der Waals surface area (Å²) in [5.41, 5.74) is 4.43. The summed E-state index contributed by atoms with van der Waals surface area (Å²) in [6.07, 6.45) is -2.45. The largest absolute Gasteiger partial charge is 0.410 e. The highest BCUT2D eigenvalue weighted by Crippen LogP contribution is 2.44. The van der Waals surface area contributed by atoms with Crippen molar-refractivity contribution in [2.24, 2.45) is 0 Å². The van der Waals surface area contributed by atoms with Crippen LogP contribution in [0, 0.1) is 6.92 Å². The number of fused-ring (bicyclic) bond motifs is 1. The van der Waals surface area contributed by atoms with E-state index in [0.29, 0.717) is 12.1 Å². The molecule has 1 aliphatic heterocycles. The Balaban J connectivity index is 1.53. The number of aromatic nitrogens is 2. The van der Waals surface area contributed by atoms with Crippen molar-refractivity contribution >= 4 is 11.7 Å². The number of benzene rings is 2. The smallest absolute Gasteiger partial charge is 0.363 e. The monoisotopic (exact) mass is 456 g/mol. The van der Waals surface area contributed by atoms with Gasteiger partial charge in [-0.1, -0.05) is 61.0 Å². The molecule has 2 atom stereocenters. The third kappa shape index (κ3) is 5.21. The molecule has 2 heterocycles. The van der Waals surface area contributed by atoms with E-state index >= 15 is 0 Å². The lowest BCUT2D eigenvalue weighted by Crippen LogP contribution is -2.36. The van der Waals surface area contributed by atoms with Gasteiger partial charge in [0.05, 0.1) is 18.7 Å². The Hall–Kier alpha value is -3.29. The molecule has 2 N–H and O–H groups in total. The van der Waals surface area contributed by atoms with E-state index in [9.17, 15) is 18.0 Å². The molecule has 8 heteroatoms. The van der Waals surface area contributed by atoms with Gasteiger partial charge in [0.1, 0.15) is 5.82 Å². The van der Waals surface area contributed by atoms with Gasteiger partial charge in [0.2, 0.25) is 5.91 Å². The Bertz CT molecular complexity index is 1100. The van der Waals surface area contributed by atoms with Crippen LogP contribution in [0.4, 0.5) is 19.0 Å². The molecule has 0 unspecified atom stereocenters. The number of anilines is 1. The quantitative estimate of drug-likeness (QED) is 0.531. The molecule has 4 rings (SSSR count). The molecule has 0 fully saturated rings. The van der Waals surface area contributed by atoms with Crippen molar-refractivity contribution < 1.29 is 18.0 Å². The van der Waals surface area contributed by atoms with Gasteiger partial charge in [-0.05, 0) is 30.0 Å². The Labute approximate surface area is 191 Å². The lowest BCUT2D eigenvalue weighted by molar-refractivity contribution is -0.173. The molecule has 0 spiro atoms. The predicted octanol–water partition coefficient (Wildman–Crippen LogP) is 5.27. The second kappa shape index (κ2) is 9.29. The number of aryl methyl sites for hydroxylation is 2. The fourth-order valence-electron chi connectivity index (χ4n) is 4.09. The first kappa shape index (κ1) is 22.9. The number of nitrogens with one attached hydrogen (secondary N) is 2. The van der Waals surface area contributed by atoms with Crippen molar-refractivity contribution in [1.29, 1.82) is 0 Å². The molecule has 0 radical (unpaired) electrons. The molecule has 0 bridgehead atoms. The Morgan fingerprint density at radius 2 is 1.79 bits per heavy atom. The van der Waals surface area contributed by atoms with Gasteiger partial charge in [0.25, 0.3) is 0 Å². The summed E-state index contributed by atoms with van der Waals surface area (Å²) in [7, 11) is 0. The number of hydrogen-bond donors (Lipinski definition) is 2. The minimum Gasteiger partial charge on any atom is -0.363 e. The molecule has 2 aromatic carbocycles. The van der Waals surface area contributed by atoms with E-state index in [1.54, 1.807) is 0 Å². The lowest BCUT2D eigenvalue weighted by atomic mass is 9.95. The van der Waals surface area contributed by atoms with Crippen LogP contribution in [0.15, 0.2) is 54.7 Å². The van der Waals surface area contributed by atoms with E-state index in [1.165, 1.54) is 6.20 Å². The van der Waals surface area contributed by atoms with E-state index in [2.05, 4.69) is 15.7 Å². The van der Waals surface area contributed by atoms with Crippen LogP contribution in [0.3, 0.4) is 0 Å². The first-order chi connectivity index (χ1) is 15.7. The van der Waals surface area contributed by atoms with Crippen molar-refractivity contribution in [3.8, 4) is 0 Å². The van der Waals surface area contributed by atoms with Crippen LogP contribution >= 0.6 is 0 Å². The van der Waals surface area contributed by atoms with E-state index in [4.69, 9.17) is 0 Å². The zero-order chi connectivity index (χ0) is 23.6. The minimum atomic E-state index is -4.45. The Morgan fingerprint density at radius 3 is 2.42 bits per heavy atom. The lowest BCUT2D eigenvalue weighted by Gasteiger charge is -2.34. The van der Waals surface area contributed by atoms with Crippen LogP contribution in [0.25, 0.3) is 0 Å². The number of alkyl halides is 3. The maximum atomic E-state index is 13.9. The number of halogens is 3. The van der Waals surface area contributed by atoms with Crippen LogP contribution in [0.2, 0.25) is 0 Å². The molecular weight excluding hydrogens is 429 g/mol. The number of nitrogens with zero attached hydrogens (tertiary/aromatic N) is 2. The molecule has 0 aliphatic carbocycles. The van der Waals surface area contributed by atoms with Gasteiger partial charge < -0.3 is 10.6 Å². The number of amides is 1. The van der Waals surface area contributed by atoms with E-state index in [1.807, 2.05) is 62.4 Å². The molecule has 33 heavy (non-hydrogen) atoms. The number of carbonyl (C=O) groups excluding carboxylic acids is 1. The van der Waals surface area contributed by atoms with Crippen molar-refractivity contribution in [3.63, 3.8) is 0 Å². The highest BCUT2D eigenvalue weighted by atomic mass is 19.4. The second-order valence-corrected chi connectivity index (χ2v) is 8.49. The summed E-state index contributed by atoms with van der Waals surface area (Å²) < 4.78 is 42.6. The maximum Gasteiger partial charge on any atom is 0.410 e.